The third-order valence-corrected chi connectivity index (χ3v) is 3.63. The maximum Gasteiger partial charge on any atom is 0.358 e. The number of benzene rings is 1. The number of ether oxygens (including phenoxy) is 1. The molecule has 1 aromatic carbocycles. The van der Waals surface area contributed by atoms with Crippen molar-refractivity contribution in [2.45, 2.75) is 0 Å². The van der Waals surface area contributed by atoms with Crippen LogP contribution in [0.5, 0.6) is 5.75 Å². The number of aromatic nitrogens is 1. The number of anilines is 1. The number of carboxylic acids is 1. The van der Waals surface area contributed by atoms with Gasteiger partial charge in [0.25, 0.3) is 0 Å². The number of carbonyl (C=O) groups is 1. The Kier molecular flexibility index (Phi) is 4.44. The lowest BCUT2D eigenvalue weighted by molar-refractivity contribution is 0.0686. The van der Waals surface area contributed by atoms with Crippen molar-refractivity contribution in [1.82, 2.24) is 4.98 Å². The largest absolute Gasteiger partial charge is 0.492 e. The zero-order valence-electron chi connectivity index (χ0n) is 11.0. The van der Waals surface area contributed by atoms with Crippen molar-refractivity contribution in [3.63, 3.8) is 0 Å². The van der Waals surface area contributed by atoms with Gasteiger partial charge in [0.2, 0.25) is 0 Å². The minimum absolute atomic E-state index is 0.0146. The van der Waals surface area contributed by atoms with Crippen LogP contribution in [0.4, 0.5) is 18.9 Å². The first kappa shape index (κ1) is 16.3. The average molecular weight is 424 g/mol. The number of nitrogens with zero attached hydrogens (tertiary/aromatic N) is 1. The number of pyridine rings is 1. The van der Waals surface area contributed by atoms with Gasteiger partial charge in [0.05, 0.1) is 10.7 Å². The highest BCUT2D eigenvalue weighted by Crippen LogP contribution is 2.35. The van der Waals surface area contributed by atoms with Crippen LogP contribution in [-0.4, -0.2) is 23.2 Å². The highest BCUT2D eigenvalue weighted by molar-refractivity contribution is 14.1. The number of nitrogens with two attached hydrogens (primary N) is 1. The Hall–Kier alpha value is -2.04. The van der Waals surface area contributed by atoms with Gasteiger partial charge in [0, 0.05) is 5.56 Å². The molecule has 9 heteroatoms. The van der Waals surface area contributed by atoms with Gasteiger partial charge in [-0.1, -0.05) is 0 Å². The van der Waals surface area contributed by atoms with Gasteiger partial charge >= 0.3 is 5.97 Å². The first-order valence-corrected chi connectivity index (χ1v) is 6.77. The van der Waals surface area contributed by atoms with Gasteiger partial charge in [0.1, 0.15) is 23.0 Å². The normalized spacial score (nSPS) is 10.6. The molecule has 0 aliphatic rings. The predicted molar refractivity (Wildman–Crippen MR) is 80.2 cm³/mol. The molecule has 1 aromatic heterocycles. The number of methoxy groups -OCH3 is 1. The SMILES string of the molecule is COc1c(C(=O)O)nc(-c2cc(F)c(I)cc2F)c(F)c1N. The second-order valence-corrected chi connectivity index (χ2v) is 5.28. The predicted octanol–water partition coefficient (Wildman–Crippen LogP) is 3.06. The summed E-state index contributed by atoms with van der Waals surface area (Å²) in [5, 5.41) is 9.06. The molecule has 0 saturated carbocycles. The summed E-state index contributed by atoms with van der Waals surface area (Å²) in [5.74, 6) is -4.99. The van der Waals surface area contributed by atoms with Crippen LogP contribution in [-0.2, 0) is 0 Å². The van der Waals surface area contributed by atoms with E-state index in [1.807, 2.05) is 0 Å². The second-order valence-electron chi connectivity index (χ2n) is 4.12. The van der Waals surface area contributed by atoms with E-state index in [-0.39, 0.29) is 3.57 Å². The number of nitrogen functional groups attached to an aromatic ring is 1. The van der Waals surface area contributed by atoms with Gasteiger partial charge in [-0.05, 0) is 34.7 Å². The Morgan fingerprint density at radius 2 is 1.95 bits per heavy atom. The molecule has 22 heavy (non-hydrogen) atoms. The number of aromatic carboxylic acids is 1. The third kappa shape index (κ3) is 2.67. The minimum atomic E-state index is -1.55. The van der Waals surface area contributed by atoms with Gasteiger partial charge in [-0.25, -0.2) is 22.9 Å². The zero-order valence-corrected chi connectivity index (χ0v) is 13.1. The van der Waals surface area contributed by atoms with Gasteiger partial charge < -0.3 is 15.6 Å². The van der Waals surface area contributed by atoms with Crippen molar-refractivity contribution in [3.05, 3.63) is 38.8 Å². The standard InChI is InChI=1S/C13H8F3IN2O3/c1-22-12-9(18)8(16)10(19-11(12)13(20)21)4-2-6(15)7(17)3-5(4)14/h2-3H,1H3,(H2,18,19)(H,20,21). The summed E-state index contributed by atoms with van der Waals surface area (Å²) in [7, 11) is 1.09. The molecular formula is C13H8F3IN2O3. The maximum absolute atomic E-state index is 14.2. The highest BCUT2D eigenvalue weighted by Gasteiger charge is 2.25. The molecular weight excluding hydrogens is 416 g/mol. The molecule has 0 radical (unpaired) electrons. The second kappa shape index (κ2) is 5.99. The van der Waals surface area contributed by atoms with Crippen molar-refractivity contribution in [2.75, 3.05) is 12.8 Å². The number of hydrogen-bond acceptors (Lipinski definition) is 4. The van der Waals surface area contributed by atoms with Gasteiger partial charge in [-0.15, -0.1) is 0 Å². The lowest BCUT2D eigenvalue weighted by Crippen LogP contribution is -2.11. The van der Waals surface area contributed by atoms with E-state index in [0.29, 0.717) is 0 Å². The lowest BCUT2D eigenvalue weighted by atomic mass is 10.1. The number of rotatable bonds is 3. The molecule has 3 N–H and O–H groups in total. The van der Waals surface area contributed by atoms with E-state index < -0.39 is 51.8 Å². The first-order valence-electron chi connectivity index (χ1n) is 5.69. The average Bonchev–Trinajstić information content (AvgIpc) is 2.45. The fourth-order valence-electron chi connectivity index (χ4n) is 1.80. The Morgan fingerprint density at radius 3 is 2.50 bits per heavy atom. The Morgan fingerprint density at radius 1 is 1.32 bits per heavy atom. The van der Waals surface area contributed by atoms with Gasteiger partial charge in [0.15, 0.2) is 17.3 Å². The lowest BCUT2D eigenvalue weighted by Gasteiger charge is -2.13. The van der Waals surface area contributed by atoms with E-state index in [9.17, 15) is 18.0 Å². The van der Waals surface area contributed by atoms with E-state index in [2.05, 4.69) is 4.98 Å². The van der Waals surface area contributed by atoms with Crippen LogP contribution in [0.3, 0.4) is 0 Å². The van der Waals surface area contributed by atoms with Crippen LogP contribution in [0.1, 0.15) is 10.5 Å². The molecule has 0 atom stereocenters. The van der Waals surface area contributed by atoms with E-state index >= 15 is 0 Å². The Labute approximate surface area is 136 Å². The van der Waals surface area contributed by atoms with E-state index in [1.54, 1.807) is 22.6 Å². The molecule has 0 fully saturated rings. The quantitative estimate of drug-likeness (QED) is 0.585. The van der Waals surface area contributed by atoms with E-state index in [4.69, 9.17) is 15.6 Å². The molecule has 116 valence electrons. The molecule has 0 aliphatic heterocycles. The smallest absolute Gasteiger partial charge is 0.358 e. The molecule has 2 rings (SSSR count). The molecule has 0 saturated heterocycles. The molecule has 0 aliphatic carbocycles. The van der Waals surface area contributed by atoms with E-state index in [1.165, 1.54) is 0 Å². The monoisotopic (exact) mass is 424 g/mol. The number of halogens is 4. The fourth-order valence-corrected chi connectivity index (χ4v) is 2.23. The van der Waals surface area contributed by atoms with Crippen LogP contribution >= 0.6 is 22.6 Å². The van der Waals surface area contributed by atoms with Gasteiger partial charge in [-0.3, -0.25) is 0 Å². The van der Waals surface area contributed by atoms with Crippen LogP contribution in [0.2, 0.25) is 0 Å². The van der Waals surface area contributed by atoms with Gasteiger partial charge in [-0.2, -0.15) is 0 Å². The summed E-state index contributed by atoms with van der Waals surface area (Å²) < 4.78 is 46.5. The number of carboxylic acid groups (broad SMARTS) is 1. The van der Waals surface area contributed by atoms with Crippen LogP contribution in [0, 0.1) is 21.0 Å². The molecule has 2 aromatic rings. The van der Waals surface area contributed by atoms with Crippen LogP contribution in [0.15, 0.2) is 12.1 Å². The molecule has 0 amide bonds. The van der Waals surface area contributed by atoms with Crippen LogP contribution < -0.4 is 10.5 Å². The summed E-state index contributed by atoms with van der Waals surface area (Å²) >= 11 is 1.56. The summed E-state index contributed by atoms with van der Waals surface area (Å²) in [5.41, 5.74) is 2.88. The molecule has 0 bridgehead atoms. The first-order chi connectivity index (χ1) is 10.3. The van der Waals surface area contributed by atoms with Crippen molar-refractivity contribution in [1.29, 1.82) is 0 Å². The molecule has 1 heterocycles. The molecule has 0 spiro atoms. The van der Waals surface area contributed by atoms with Crippen molar-refractivity contribution < 1.29 is 27.8 Å². The zero-order chi connectivity index (χ0) is 16.6. The summed E-state index contributed by atoms with van der Waals surface area (Å²) in [4.78, 5) is 14.7. The Bertz CT molecular complexity index is 784. The fraction of sp³-hybridized carbons (Fsp3) is 0.0769. The van der Waals surface area contributed by atoms with Crippen molar-refractivity contribution in [2.24, 2.45) is 0 Å². The van der Waals surface area contributed by atoms with E-state index in [0.717, 1.165) is 19.2 Å². The maximum atomic E-state index is 14.2. The topological polar surface area (TPSA) is 85.4 Å². The van der Waals surface area contributed by atoms with Crippen LogP contribution in [0.25, 0.3) is 11.3 Å². The summed E-state index contributed by atoms with van der Waals surface area (Å²) in [6.07, 6.45) is 0. The molecule has 0 unspecified atom stereocenters. The highest BCUT2D eigenvalue weighted by atomic mass is 127. The minimum Gasteiger partial charge on any atom is -0.492 e. The number of hydrogen-bond donors (Lipinski definition) is 2. The van der Waals surface area contributed by atoms with Crippen molar-refractivity contribution in [3.8, 4) is 17.0 Å². The third-order valence-electron chi connectivity index (χ3n) is 2.80. The molecule has 5 nitrogen and oxygen atoms in total. The summed E-state index contributed by atoms with van der Waals surface area (Å²) in [6, 6.07) is 1.56. The van der Waals surface area contributed by atoms with Crippen molar-refractivity contribution >= 4 is 34.2 Å². The Balaban J connectivity index is 2.82. The summed E-state index contributed by atoms with van der Waals surface area (Å²) in [6.45, 7) is 0.